The molecule has 3 aromatic rings. The molecule has 4 aliphatic rings. The molecule has 0 saturated heterocycles. The van der Waals surface area contributed by atoms with Crippen molar-refractivity contribution in [3.63, 3.8) is 0 Å². The molecule has 308 valence electrons. The normalized spacial score (nSPS) is 30.3. The number of aliphatic hydroxyl groups excluding tert-OH is 1. The minimum absolute atomic E-state index is 0.101. The summed E-state index contributed by atoms with van der Waals surface area (Å²) in [4.78, 5) is 38.8. The summed E-state index contributed by atoms with van der Waals surface area (Å²) >= 11 is 7.65. The Bertz CT molecular complexity index is 1860. The lowest BCUT2D eigenvalue weighted by atomic mass is 9.40. The lowest BCUT2D eigenvalue weighted by Crippen LogP contribution is -2.57. The number of carbonyl (C=O) groups is 3. The molecule has 3 heterocycles. The highest BCUT2D eigenvalue weighted by Crippen LogP contribution is 2.70. The number of halogens is 1. The van der Waals surface area contributed by atoms with Crippen molar-refractivity contribution < 1.29 is 33.1 Å². The second-order valence-corrected chi connectivity index (χ2v) is 20.1. The molecule has 0 spiro atoms. The van der Waals surface area contributed by atoms with Gasteiger partial charge in [0.05, 0.1) is 33.4 Å². The SMILES string of the molecule is CC(CCC1(C)C(C)CCC2(C)C3CCC4(c5nnc(-c6ccc(Cl)s6)o5)CC(=O)C(C(C)C)=C4C3CCC12)OC(=O)CC(C)(C)C=O.CO.Cc1ccco1. The Morgan fingerprint density at radius 3 is 2.43 bits per heavy atom. The first kappa shape index (κ1) is 44.0. The summed E-state index contributed by atoms with van der Waals surface area (Å²) in [6.07, 6.45) is 11.0. The number of hydrogen-bond acceptors (Lipinski definition) is 10. The number of ketones is 1. The van der Waals surface area contributed by atoms with Crippen LogP contribution in [0.3, 0.4) is 0 Å². The van der Waals surface area contributed by atoms with Crippen molar-refractivity contribution in [3.8, 4) is 10.8 Å². The minimum atomic E-state index is -0.711. The van der Waals surface area contributed by atoms with Gasteiger partial charge in [-0.25, -0.2) is 0 Å². The van der Waals surface area contributed by atoms with Crippen molar-refractivity contribution in [2.45, 2.75) is 138 Å². The number of aryl methyl sites for hydroxylation is 1. The van der Waals surface area contributed by atoms with Gasteiger partial charge >= 0.3 is 5.97 Å². The van der Waals surface area contributed by atoms with E-state index in [0.29, 0.717) is 46.2 Å². The third kappa shape index (κ3) is 8.54. The van der Waals surface area contributed by atoms with Crippen LogP contribution in [0.5, 0.6) is 0 Å². The summed E-state index contributed by atoms with van der Waals surface area (Å²) in [5.41, 5.74) is 1.31. The predicted octanol–water partition coefficient (Wildman–Crippen LogP) is 11.0. The zero-order chi connectivity index (χ0) is 41.2. The number of aliphatic hydroxyl groups is 1. The molecule has 0 aliphatic heterocycles. The monoisotopic (exact) mass is 810 g/mol. The Morgan fingerprint density at radius 2 is 1.84 bits per heavy atom. The molecule has 3 saturated carbocycles. The molecule has 7 rings (SSSR count). The van der Waals surface area contributed by atoms with E-state index in [2.05, 4.69) is 44.8 Å². The van der Waals surface area contributed by atoms with E-state index in [1.807, 2.05) is 38.1 Å². The van der Waals surface area contributed by atoms with Crippen LogP contribution >= 0.6 is 22.9 Å². The molecule has 3 fully saturated rings. The quantitative estimate of drug-likeness (QED) is 0.157. The van der Waals surface area contributed by atoms with Gasteiger partial charge < -0.3 is 23.5 Å². The summed E-state index contributed by atoms with van der Waals surface area (Å²) < 4.78 is 17.8. The number of esters is 1. The maximum atomic E-state index is 13.9. The number of aromatic nitrogens is 2. The number of thiophene rings is 1. The van der Waals surface area contributed by atoms with Gasteiger partial charge in [-0.15, -0.1) is 21.5 Å². The van der Waals surface area contributed by atoms with Crippen molar-refractivity contribution in [3.05, 3.63) is 57.7 Å². The van der Waals surface area contributed by atoms with Crippen molar-refractivity contribution in [2.24, 2.45) is 45.8 Å². The Hall–Kier alpha value is -3.08. The van der Waals surface area contributed by atoms with Crippen molar-refractivity contribution in [1.82, 2.24) is 10.2 Å². The number of hydrogen-bond donors (Lipinski definition) is 1. The van der Waals surface area contributed by atoms with Crippen LogP contribution in [0.4, 0.5) is 0 Å². The van der Waals surface area contributed by atoms with Crippen molar-refractivity contribution in [1.29, 1.82) is 0 Å². The average molecular weight is 812 g/mol. The minimum Gasteiger partial charge on any atom is -0.470 e. The molecular weight excluding hydrogens is 748 g/mol. The number of rotatable bonds is 10. The molecule has 1 N–H and O–H groups in total. The summed E-state index contributed by atoms with van der Waals surface area (Å²) in [5, 5.41) is 16.1. The highest BCUT2D eigenvalue weighted by molar-refractivity contribution is 7.19. The van der Waals surface area contributed by atoms with Gasteiger partial charge in [0, 0.05) is 18.9 Å². The smallest absolute Gasteiger partial charge is 0.307 e. The number of nitrogens with zero attached hydrogens (tertiary/aromatic N) is 2. The molecule has 0 radical (unpaired) electrons. The lowest BCUT2D eigenvalue weighted by Gasteiger charge is -2.64. The van der Waals surface area contributed by atoms with Crippen LogP contribution in [-0.4, -0.2) is 46.6 Å². The highest BCUT2D eigenvalue weighted by atomic mass is 35.5. The second kappa shape index (κ2) is 17.4. The highest BCUT2D eigenvalue weighted by Gasteiger charge is 2.64. The predicted molar refractivity (Wildman–Crippen MR) is 220 cm³/mol. The van der Waals surface area contributed by atoms with E-state index in [-0.39, 0.29) is 41.0 Å². The van der Waals surface area contributed by atoms with E-state index in [1.165, 1.54) is 29.8 Å². The molecule has 11 heteroatoms. The number of Topliss-reactive ketones (excluding diaryl/α,β-unsaturated/α-hetero) is 1. The van der Waals surface area contributed by atoms with Crippen LogP contribution in [0.1, 0.15) is 131 Å². The zero-order valence-corrected chi connectivity index (χ0v) is 36.6. The standard InChI is InChI=1S/C39H53ClN2O5S.C5H6O.CH4O/c1-22(2)32-27(44)19-39(35-42-41-34(47-35)28-10-12-30(40)48-28)18-15-26-25(33(32)39)9-11-29-37(7,23(3)13-16-38(26,29)8)17-14-24(4)46-31(45)20-36(5,6)21-43;1-5-3-2-4-6-5;1-2/h10,12,21-26,29H,9,11,13-20H2,1-8H3;2-4H,1H3;2H,1H3. The molecule has 9 nitrogen and oxygen atoms in total. The number of aldehydes is 1. The zero-order valence-electron chi connectivity index (χ0n) is 35.1. The van der Waals surface area contributed by atoms with Crippen LogP contribution in [0.2, 0.25) is 4.34 Å². The first-order valence-electron chi connectivity index (χ1n) is 20.4. The number of carbonyl (C=O) groups excluding carboxylic acids is 3. The molecule has 8 atom stereocenters. The molecule has 0 amide bonds. The van der Waals surface area contributed by atoms with Crippen molar-refractivity contribution >= 4 is 41.0 Å². The van der Waals surface area contributed by atoms with E-state index < -0.39 is 10.8 Å². The van der Waals surface area contributed by atoms with Gasteiger partial charge in [0.15, 0.2) is 5.78 Å². The number of allylic oxidation sites excluding steroid dienone is 2. The van der Waals surface area contributed by atoms with Gasteiger partial charge in [-0.3, -0.25) is 9.59 Å². The number of furan rings is 1. The van der Waals surface area contributed by atoms with E-state index in [1.54, 1.807) is 20.1 Å². The molecule has 8 unspecified atom stereocenters. The van der Waals surface area contributed by atoms with Gasteiger partial charge in [0.25, 0.3) is 5.89 Å². The third-order valence-corrected chi connectivity index (χ3v) is 15.2. The Kier molecular flexibility index (Phi) is 13.7. The van der Waals surface area contributed by atoms with Crippen LogP contribution < -0.4 is 0 Å². The van der Waals surface area contributed by atoms with Gasteiger partial charge in [-0.2, -0.15) is 0 Å². The van der Waals surface area contributed by atoms with Crippen LogP contribution in [0, 0.1) is 52.8 Å². The lowest BCUT2D eigenvalue weighted by molar-refractivity contribution is -0.155. The first-order valence-corrected chi connectivity index (χ1v) is 21.6. The van der Waals surface area contributed by atoms with Crippen LogP contribution in [-0.2, 0) is 24.5 Å². The van der Waals surface area contributed by atoms with E-state index in [4.69, 9.17) is 30.3 Å². The maximum absolute atomic E-state index is 13.9. The van der Waals surface area contributed by atoms with Gasteiger partial charge in [0.2, 0.25) is 5.89 Å². The number of fused-ring (bicyclic) bond motifs is 5. The maximum Gasteiger partial charge on any atom is 0.307 e. The molecular formula is C45H63ClN2O7S. The fourth-order valence-electron chi connectivity index (χ4n) is 11.1. The fourth-order valence-corrected chi connectivity index (χ4v) is 12.0. The first-order chi connectivity index (χ1) is 26.4. The van der Waals surface area contributed by atoms with Gasteiger partial charge in [-0.1, -0.05) is 60.1 Å². The average Bonchev–Trinajstić information content (AvgIpc) is 3.97. The van der Waals surface area contributed by atoms with Gasteiger partial charge in [0.1, 0.15) is 12.0 Å². The van der Waals surface area contributed by atoms with E-state index in [9.17, 15) is 14.4 Å². The Labute approximate surface area is 342 Å². The Morgan fingerprint density at radius 1 is 1.11 bits per heavy atom. The topological polar surface area (TPSA) is 133 Å². The van der Waals surface area contributed by atoms with Crippen LogP contribution in [0.25, 0.3) is 10.8 Å². The summed E-state index contributed by atoms with van der Waals surface area (Å²) in [6.45, 7) is 19.2. The molecule has 0 aromatic carbocycles. The molecule has 0 bridgehead atoms. The number of ether oxygens (including phenoxy) is 1. The van der Waals surface area contributed by atoms with E-state index >= 15 is 0 Å². The summed E-state index contributed by atoms with van der Waals surface area (Å²) in [6, 6.07) is 7.55. The van der Waals surface area contributed by atoms with E-state index in [0.717, 1.165) is 68.1 Å². The molecule has 4 aliphatic carbocycles. The largest absolute Gasteiger partial charge is 0.470 e. The molecule has 56 heavy (non-hydrogen) atoms. The molecule has 3 aromatic heterocycles. The van der Waals surface area contributed by atoms with Crippen molar-refractivity contribution in [2.75, 3.05) is 7.11 Å². The Balaban J connectivity index is 0.000000676. The summed E-state index contributed by atoms with van der Waals surface area (Å²) in [7, 11) is 1.00. The van der Waals surface area contributed by atoms with Gasteiger partial charge in [-0.05, 0) is 141 Å². The fraction of sp³-hybridized carbons (Fsp3) is 0.667. The third-order valence-electron chi connectivity index (χ3n) is 14.0. The second-order valence-electron chi connectivity index (χ2n) is 18.4. The summed E-state index contributed by atoms with van der Waals surface area (Å²) in [5.74, 6) is 4.01. The van der Waals surface area contributed by atoms with Crippen LogP contribution in [0.15, 0.2) is 50.5 Å².